The minimum Gasteiger partial charge on any atom is -0.481 e. The molecular formula is C13H19NO2S. The third-order valence-corrected chi connectivity index (χ3v) is 4.93. The number of carboxylic acid groups (broad SMARTS) is 1. The smallest absolute Gasteiger partial charge is 0.306 e. The monoisotopic (exact) mass is 253 g/mol. The molecule has 94 valence electrons. The Morgan fingerprint density at radius 1 is 1.47 bits per heavy atom. The largest absolute Gasteiger partial charge is 0.481 e. The summed E-state index contributed by atoms with van der Waals surface area (Å²) in [7, 11) is 0. The van der Waals surface area contributed by atoms with Crippen molar-refractivity contribution in [2.45, 2.75) is 26.8 Å². The van der Waals surface area contributed by atoms with Crippen LogP contribution in [-0.4, -0.2) is 29.1 Å². The molecule has 2 heterocycles. The molecule has 0 amide bonds. The maximum Gasteiger partial charge on any atom is 0.306 e. The van der Waals surface area contributed by atoms with Crippen molar-refractivity contribution in [3.8, 4) is 0 Å². The third kappa shape index (κ3) is 2.53. The van der Waals surface area contributed by atoms with E-state index in [2.05, 4.69) is 30.9 Å². The first-order chi connectivity index (χ1) is 7.99. The molecule has 3 nitrogen and oxygen atoms in total. The number of likely N-dealkylation sites (tertiary alicyclic amines) is 1. The van der Waals surface area contributed by atoms with Gasteiger partial charge in [-0.2, -0.15) is 0 Å². The molecule has 2 rings (SSSR count). The van der Waals surface area contributed by atoms with Gasteiger partial charge in [0.25, 0.3) is 0 Å². The summed E-state index contributed by atoms with van der Waals surface area (Å²) in [6.07, 6.45) is 0. The second-order valence-electron chi connectivity index (χ2n) is 4.97. The molecule has 0 aliphatic carbocycles. The lowest BCUT2D eigenvalue weighted by Gasteiger charge is -2.44. The number of hydrogen-bond acceptors (Lipinski definition) is 3. The van der Waals surface area contributed by atoms with Crippen LogP contribution in [0.5, 0.6) is 0 Å². The second kappa shape index (κ2) is 4.78. The lowest BCUT2D eigenvalue weighted by Crippen LogP contribution is -2.51. The Hall–Kier alpha value is -0.870. The van der Waals surface area contributed by atoms with Crippen LogP contribution in [-0.2, 0) is 4.79 Å². The van der Waals surface area contributed by atoms with Gasteiger partial charge in [0.2, 0.25) is 0 Å². The zero-order chi connectivity index (χ0) is 12.6. The van der Waals surface area contributed by atoms with E-state index in [0.717, 1.165) is 13.1 Å². The SMILES string of the molecule is Cc1ccc(C(C)N2CC(C(C)C(=O)O)C2)s1. The highest BCUT2D eigenvalue weighted by atomic mass is 32.1. The zero-order valence-corrected chi connectivity index (χ0v) is 11.3. The van der Waals surface area contributed by atoms with Crippen LogP contribution in [0.2, 0.25) is 0 Å². The van der Waals surface area contributed by atoms with Gasteiger partial charge >= 0.3 is 5.97 Å². The van der Waals surface area contributed by atoms with Gasteiger partial charge in [0.15, 0.2) is 0 Å². The molecule has 2 atom stereocenters. The van der Waals surface area contributed by atoms with Gasteiger partial charge in [-0.15, -0.1) is 11.3 Å². The molecule has 1 aromatic heterocycles. The summed E-state index contributed by atoms with van der Waals surface area (Å²) in [6.45, 7) is 7.95. The average Bonchev–Trinajstić information content (AvgIpc) is 2.62. The number of thiophene rings is 1. The number of rotatable bonds is 4. The Balaban J connectivity index is 1.89. The van der Waals surface area contributed by atoms with Crippen molar-refractivity contribution in [1.29, 1.82) is 0 Å². The average molecular weight is 253 g/mol. The summed E-state index contributed by atoms with van der Waals surface area (Å²) in [5.41, 5.74) is 0. The zero-order valence-electron chi connectivity index (χ0n) is 10.5. The van der Waals surface area contributed by atoms with E-state index < -0.39 is 5.97 Å². The summed E-state index contributed by atoms with van der Waals surface area (Å²) in [5, 5.41) is 8.95. The lowest BCUT2D eigenvalue weighted by molar-refractivity contribution is -0.145. The molecule has 1 aromatic rings. The highest BCUT2D eigenvalue weighted by molar-refractivity contribution is 7.12. The van der Waals surface area contributed by atoms with Crippen LogP contribution in [0.25, 0.3) is 0 Å². The lowest BCUT2D eigenvalue weighted by atomic mass is 9.86. The van der Waals surface area contributed by atoms with Crippen molar-refractivity contribution in [1.82, 2.24) is 4.90 Å². The Morgan fingerprint density at radius 2 is 2.12 bits per heavy atom. The van der Waals surface area contributed by atoms with Gasteiger partial charge in [-0.25, -0.2) is 0 Å². The first-order valence-corrected chi connectivity index (χ1v) is 6.84. The van der Waals surface area contributed by atoms with E-state index in [0.29, 0.717) is 12.0 Å². The molecule has 0 bridgehead atoms. The van der Waals surface area contributed by atoms with Crippen LogP contribution in [0.1, 0.15) is 29.6 Å². The summed E-state index contributed by atoms with van der Waals surface area (Å²) < 4.78 is 0. The molecule has 1 aliphatic heterocycles. The highest BCUT2D eigenvalue weighted by Crippen LogP contribution is 2.34. The minimum absolute atomic E-state index is 0.219. The van der Waals surface area contributed by atoms with Crippen LogP contribution in [0.4, 0.5) is 0 Å². The van der Waals surface area contributed by atoms with E-state index in [1.807, 2.05) is 18.3 Å². The standard InChI is InChI=1S/C13H19NO2S/c1-8-4-5-12(17-8)10(3)14-6-11(7-14)9(2)13(15)16/h4-5,9-11H,6-7H2,1-3H3,(H,15,16). The van der Waals surface area contributed by atoms with Gasteiger partial charge in [0, 0.05) is 28.9 Å². The van der Waals surface area contributed by atoms with Crippen molar-refractivity contribution in [3.05, 3.63) is 21.9 Å². The fraction of sp³-hybridized carbons (Fsp3) is 0.615. The molecule has 4 heteroatoms. The third-order valence-electron chi connectivity index (χ3n) is 3.76. The molecule has 1 fully saturated rings. The van der Waals surface area contributed by atoms with Crippen molar-refractivity contribution < 1.29 is 9.90 Å². The minimum atomic E-state index is -0.672. The Morgan fingerprint density at radius 3 is 2.59 bits per heavy atom. The van der Waals surface area contributed by atoms with E-state index in [-0.39, 0.29) is 5.92 Å². The molecule has 1 N–H and O–H groups in total. The number of carboxylic acids is 1. The molecule has 17 heavy (non-hydrogen) atoms. The first kappa shape index (κ1) is 12.6. The van der Waals surface area contributed by atoms with Crippen molar-refractivity contribution in [2.24, 2.45) is 11.8 Å². The van der Waals surface area contributed by atoms with Crippen molar-refractivity contribution in [2.75, 3.05) is 13.1 Å². The Kier molecular flexibility index (Phi) is 3.54. The summed E-state index contributed by atoms with van der Waals surface area (Å²) in [4.78, 5) is 15.9. The highest BCUT2D eigenvalue weighted by Gasteiger charge is 2.37. The molecular weight excluding hydrogens is 234 g/mol. The van der Waals surface area contributed by atoms with Gasteiger partial charge in [0.05, 0.1) is 5.92 Å². The predicted molar refractivity (Wildman–Crippen MR) is 69.3 cm³/mol. The molecule has 1 aliphatic rings. The maximum atomic E-state index is 10.9. The van der Waals surface area contributed by atoms with Gasteiger partial charge in [-0.05, 0) is 31.9 Å². The topological polar surface area (TPSA) is 40.5 Å². The maximum absolute atomic E-state index is 10.9. The molecule has 0 saturated carbocycles. The number of nitrogens with zero attached hydrogens (tertiary/aromatic N) is 1. The van der Waals surface area contributed by atoms with E-state index in [1.165, 1.54) is 9.75 Å². The van der Waals surface area contributed by atoms with E-state index >= 15 is 0 Å². The van der Waals surface area contributed by atoms with Crippen LogP contribution in [0, 0.1) is 18.8 Å². The van der Waals surface area contributed by atoms with E-state index in [9.17, 15) is 4.79 Å². The van der Waals surface area contributed by atoms with Crippen molar-refractivity contribution >= 4 is 17.3 Å². The van der Waals surface area contributed by atoms with Crippen molar-refractivity contribution in [3.63, 3.8) is 0 Å². The van der Waals surface area contributed by atoms with E-state index in [1.54, 1.807) is 0 Å². The first-order valence-electron chi connectivity index (χ1n) is 6.02. The molecule has 1 saturated heterocycles. The molecule has 0 spiro atoms. The number of aryl methyl sites for hydroxylation is 1. The van der Waals surface area contributed by atoms with Crippen LogP contribution in [0.3, 0.4) is 0 Å². The van der Waals surface area contributed by atoms with Gasteiger partial charge < -0.3 is 5.11 Å². The Labute approximate surface area is 106 Å². The van der Waals surface area contributed by atoms with Crippen LogP contribution >= 0.6 is 11.3 Å². The fourth-order valence-corrected chi connectivity index (χ4v) is 3.20. The van der Waals surface area contributed by atoms with Gasteiger partial charge in [-0.1, -0.05) is 6.92 Å². The fourth-order valence-electron chi connectivity index (χ4n) is 2.24. The van der Waals surface area contributed by atoms with E-state index in [4.69, 9.17) is 5.11 Å². The predicted octanol–water partition coefficient (Wildman–Crippen LogP) is 2.77. The van der Waals surface area contributed by atoms with Crippen LogP contribution in [0.15, 0.2) is 12.1 Å². The Bertz CT molecular complexity index is 409. The number of aliphatic carboxylic acids is 1. The molecule has 2 unspecified atom stereocenters. The summed E-state index contributed by atoms with van der Waals surface area (Å²) >= 11 is 1.83. The second-order valence-corrected chi connectivity index (χ2v) is 6.28. The van der Waals surface area contributed by atoms with Gasteiger partial charge in [-0.3, -0.25) is 9.69 Å². The van der Waals surface area contributed by atoms with Gasteiger partial charge in [0.1, 0.15) is 0 Å². The van der Waals surface area contributed by atoms with Crippen LogP contribution < -0.4 is 0 Å². The number of hydrogen-bond donors (Lipinski definition) is 1. The quantitative estimate of drug-likeness (QED) is 0.897. The summed E-state index contributed by atoms with van der Waals surface area (Å²) in [5.74, 6) is -0.575. The molecule has 0 radical (unpaired) electrons. The summed E-state index contributed by atoms with van der Waals surface area (Å²) in [6, 6.07) is 4.75. The number of carbonyl (C=O) groups is 1. The molecule has 0 aromatic carbocycles. The normalized spacial score (nSPS) is 20.9.